The van der Waals surface area contributed by atoms with E-state index in [0.29, 0.717) is 23.2 Å². The largest absolute Gasteiger partial charge is 0.482 e. The lowest BCUT2D eigenvalue weighted by molar-refractivity contribution is -0.118. The van der Waals surface area contributed by atoms with Crippen LogP contribution < -0.4 is 21.1 Å². The SMILES string of the molecule is CCN1CCCC1CNc1cc2c(cc1N)OCC(=O)N2. The molecular weight excluding hydrogens is 268 g/mol. The summed E-state index contributed by atoms with van der Waals surface area (Å²) in [6.07, 6.45) is 2.47. The number of ether oxygens (including phenoxy) is 1. The average Bonchev–Trinajstić information content (AvgIpc) is 2.93. The van der Waals surface area contributed by atoms with E-state index in [1.807, 2.05) is 6.07 Å². The lowest BCUT2D eigenvalue weighted by atomic mass is 10.1. The Bertz CT molecular complexity index is 547. The molecule has 6 heteroatoms. The van der Waals surface area contributed by atoms with Crippen LogP contribution in [0.15, 0.2) is 12.1 Å². The first kappa shape index (κ1) is 14.0. The van der Waals surface area contributed by atoms with Gasteiger partial charge in [0.15, 0.2) is 6.61 Å². The molecule has 2 aliphatic rings. The van der Waals surface area contributed by atoms with Gasteiger partial charge in [0.2, 0.25) is 0 Å². The number of hydrogen-bond acceptors (Lipinski definition) is 5. The van der Waals surface area contributed by atoms with Gasteiger partial charge in [-0.25, -0.2) is 0 Å². The molecule has 1 amide bonds. The van der Waals surface area contributed by atoms with Gasteiger partial charge in [-0.05, 0) is 32.0 Å². The summed E-state index contributed by atoms with van der Waals surface area (Å²) in [5.41, 5.74) is 8.24. The third-order valence-corrected chi connectivity index (χ3v) is 4.22. The minimum absolute atomic E-state index is 0.0484. The van der Waals surface area contributed by atoms with Gasteiger partial charge in [0.1, 0.15) is 5.75 Å². The van der Waals surface area contributed by atoms with Gasteiger partial charge < -0.3 is 21.1 Å². The molecule has 0 spiro atoms. The molecule has 0 aromatic heterocycles. The third-order valence-electron chi connectivity index (χ3n) is 4.22. The zero-order valence-corrected chi connectivity index (χ0v) is 12.3. The van der Waals surface area contributed by atoms with Gasteiger partial charge in [0.25, 0.3) is 5.91 Å². The Balaban J connectivity index is 1.70. The quantitative estimate of drug-likeness (QED) is 0.732. The Labute approximate surface area is 124 Å². The number of anilines is 3. The van der Waals surface area contributed by atoms with E-state index in [1.165, 1.54) is 19.4 Å². The first-order chi connectivity index (χ1) is 10.2. The van der Waals surface area contributed by atoms with Gasteiger partial charge in [0, 0.05) is 18.7 Å². The van der Waals surface area contributed by atoms with Crippen molar-refractivity contribution >= 4 is 23.0 Å². The van der Waals surface area contributed by atoms with E-state index in [1.54, 1.807) is 6.07 Å². The van der Waals surface area contributed by atoms with Crippen molar-refractivity contribution in [2.75, 3.05) is 42.6 Å². The fraction of sp³-hybridized carbons (Fsp3) is 0.533. The molecule has 21 heavy (non-hydrogen) atoms. The van der Waals surface area contributed by atoms with Crippen LogP contribution in [0.5, 0.6) is 5.75 Å². The molecule has 3 rings (SSSR count). The Morgan fingerprint density at radius 1 is 1.52 bits per heavy atom. The monoisotopic (exact) mass is 290 g/mol. The summed E-state index contributed by atoms with van der Waals surface area (Å²) in [5.74, 6) is 0.500. The number of carbonyl (C=O) groups excluding carboxylic acids is 1. The number of amides is 1. The normalized spacial score (nSPS) is 21.6. The highest BCUT2D eigenvalue weighted by molar-refractivity contribution is 5.97. The first-order valence-corrected chi connectivity index (χ1v) is 7.51. The molecule has 0 aliphatic carbocycles. The Hall–Kier alpha value is -1.95. The zero-order chi connectivity index (χ0) is 14.8. The van der Waals surface area contributed by atoms with Crippen molar-refractivity contribution in [3.8, 4) is 5.75 Å². The van der Waals surface area contributed by atoms with Crippen LogP contribution in [0.3, 0.4) is 0 Å². The van der Waals surface area contributed by atoms with E-state index in [0.717, 1.165) is 18.8 Å². The number of nitrogen functional groups attached to an aromatic ring is 1. The van der Waals surface area contributed by atoms with Crippen LogP contribution in [0, 0.1) is 0 Å². The molecule has 6 nitrogen and oxygen atoms in total. The van der Waals surface area contributed by atoms with Gasteiger partial charge in [-0.15, -0.1) is 0 Å². The maximum Gasteiger partial charge on any atom is 0.262 e. The van der Waals surface area contributed by atoms with Crippen LogP contribution >= 0.6 is 0 Å². The van der Waals surface area contributed by atoms with Crippen LogP contribution in [-0.4, -0.2) is 43.1 Å². The second kappa shape index (κ2) is 5.81. The highest BCUT2D eigenvalue weighted by atomic mass is 16.5. The van der Waals surface area contributed by atoms with Crippen LogP contribution in [0.25, 0.3) is 0 Å². The predicted molar refractivity (Wildman–Crippen MR) is 83.7 cm³/mol. The van der Waals surface area contributed by atoms with Gasteiger partial charge in [-0.2, -0.15) is 0 Å². The van der Waals surface area contributed by atoms with Gasteiger partial charge in [0.05, 0.1) is 17.1 Å². The second-order valence-electron chi connectivity index (χ2n) is 5.58. The topological polar surface area (TPSA) is 79.6 Å². The molecule has 0 saturated carbocycles. The average molecular weight is 290 g/mol. The number of rotatable bonds is 4. The number of benzene rings is 1. The van der Waals surface area contributed by atoms with Crippen LogP contribution in [0.1, 0.15) is 19.8 Å². The zero-order valence-electron chi connectivity index (χ0n) is 12.3. The lowest BCUT2D eigenvalue weighted by Crippen LogP contribution is -2.34. The van der Waals surface area contributed by atoms with Crippen molar-refractivity contribution in [1.29, 1.82) is 0 Å². The summed E-state index contributed by atoms with van der Waals surface area (Å²) in [6, 6.07) is 4.17. The molecule has 1 saturated heterocycles. The van der Waals surface area contributed by atoms with E-state index in [-0.39, 0.29) is 12.5 Å². The van der Waals surface area contributed by atoms with Gasteiger partial charge in [-0.3, -0.25) is 9.69 Å². The molecule has 1 aromatic rings. The Morgan fingerprint density at radius 3 is 3.19 bits per heavy atom. The van der Waals surface area contributed by atoms with Crippen molar-refractivity contribution < 1.29 is 9.53 Å². The van der Waals surface area contributed by atoms with Crippen molar-refractivity contribution in [3.63, 3.8) is 0 Å². The number of nitrogens with two attached hydrogens (primary N) is 1. The maximum atomic E-state index is 11.4. The Morgan fingerprint density at radius 2 is 2.38 bits per heavy atom. The van der Waals surface area contributed by atoms with Crippen LogP contribution in [0.4, 0.5) is 17.1 Å². The fourth-order valence-corrected chi connectivity index (χ4v) is 3.07. The highest BCUT2D eigenvalue weighted by Gasteiger charge is 2.23. The van der Waals surface area contributed by atoms with Gasteiger partial charge >= 0.3 is 0 Å². The van der Waals surface area contributed by atoms with Crippen molar-refractivity contribution in [1.82, 2.24) is 4.90 Å². The number of fused-ring (bicyclic) bond motifs is 1. The number of hydrogen-bond donors (Lipinski definition) is 3. The smallest absolute Gasteiger partial charge is 0.262 e. The molecule has 2 aliphatic heterocycles. The number of nitrogens with zero attached hydrogens (tertiary/aromatic N) is 1. The summed E-state index contributed by atoms with van der Waals surface area (Å²) >= 11 is 0. The Kier molecular flexibility index (Phi) is 3.88. The van der Waals surface area contributed by atoms with E-state index in [2.05, 4.69) is 22.5 Å². The van der Waals surface area contributed by atoms with Crippen molar-refractivity contribution in [2.45, 2.75) is 25.8 Å². The van der Waals surface area contributed by atoms with Crippen LogP contribution in [-0.2, 0) is 4.79 Å². The second-order valence-corrected chi connectivity index (χ2v) is 5.58. The number of likely N-dealkylation sites (tertiary alicyclic amines) is 1. The molecular formula is C15H22N4O2. The molecule has 114 valence electrons. The van der Waals surface area contributed by atoms with E-state index in [4.69, 9.17) is 10.5 Å². The summed E-state index contributed by atoms with van der Waals surface area (Å²) in [5, 5.41) is 6.22. The molecule has 0 radical (unpaired) electrons. The maximum absolute atomic E-state index is 11.4. The predicted octanol–water partition coefficient (Wildman–Crippen LogP) is 1.50. The summed E-state index contributed by atoms with van der Waals surface area (Å²) < 4.78 is 5.36. The highest BCUT2D eigenvalue weighted by Crippen LogP contribution is 2.35. The molecule has 1 aromatic carbocycles. The minimum Gasteiger partial charge on any atom is -0.482 e. The lowest BCUT2D eigenvalue weighted by Gasteiger charge is -2.25. The number of nitrogens with one attached hydrogen (secondary N) is 2. The number of likely N-dealkylation sites (N-methyl/N-ethyl adjacent to an activating group) is 1. The molecule has 1 atom stereocenters. The first-order valence-electron chi connectivity index (χ1n) is 7.51. The van der Waals surface area contributed by atoms with Crippen LogP contribution in [0.2, 0.25) is 0 Å². The van der Waals surface area contributed by atoms with E-state index >= 15 is 0 Å². The molecule has 1 unspecified atom stereocenters. The number of carbonyl (C=O) groups is 1. The summed E-state index contributed by atoms with van der Waals surface area (Å²) in [4.78, 5) is 13.9. The molecule has 4 N–H and O–H groups in total. The summed E-state index contributed by atoms with van der Waals surface area (Å²) in [7, 11) is 0. The minimum atomic E-state index is -0.133. The van der Waals surface area contributed by atoms with E-state index in [9.17, 15) is 4.79 Å². The standard InChI is InChI=1S/C15H22N4O2/c1-2-19-5-3-4-10(19)8-17-12-7-13-14(6-11(12)16)21-9-15(20)18-13/h6-7,10,17H,2-5,8-9,16H2,1H3,(H,18,20). The summed E-state index contributed by atoms with van der Waals surface area (Å²) in [6.45, 7) is 5.36. The molecule has 1 fully saturated rings. The van der Waals surface area contributed by atoms with Crippen molar-refractivity contribution in [2.24, 2.45) is 0 Å². The molecule has 0 bridgehead atoms. The van der Waals surface area contributed by atoms with Crippen molar-refractivity contribution in [3.05, 3.63) is 12.1 Å². The van der Waals surface area contributed by atoms with E-state index < -0.39 is 0 Å². The van der Waals surface area contributed by atoms with Gasteiger partial charge in [-0.1, -0.05) is 6.92 Å². The third kappa shape index (κ3) is 2.90. The fourth-order valence-electron chi connectivity index (χ4n) is 3.07. The molecule has 2 heterocycles.